The zero-order chi connectivity index (χ0) is 21.0. The van der Waals surface area contributed by atoms with Gasteiger partial charge in [0.15, 0.2) is 0 Å². The number of hydrogen-bond acceptors (Lipinski definition) is 4. The van der Waals surface area contributed by atoms with Gasteiger partial charge in [0.1, 0.15) is 0 Å². The molecule has 6 heteroatoms. The third-order valence-corrected chi connectivity index (χ3v) is 5.65. The molecule has 31 heavy (non-hydrogen) atoms. The van der Waals surface area contributed by atoms with Crippen LogP contribution in [0.3, 0.4) is 0 Å². The van der Waals surface area contributed by atoms with Gasteiger partial charge in [-0.05, 0) is 36.2 Å². The van der Waals surface area contributed by atoms with Crippen molar-refractivity contribution in [1.82, 2.24) is 19.5 Å². The Balaban J connectivity index is 1.31. The highest BCUT2D eigenvalue weighted by Crippen LogP contribution is 2.28. The molecule has 1 amide bonds. The Morgan fingerprint density at radius 3 is 2.45 bits per heavy atom. The number of aromatic nitrogens is 4. The minimum absolute atomic E-state index is 0.209. The fourth-order valence-electron chi connectivity index (χ4n) is 3.96. The van der Waals surface area contributed by atoms with Crippen molar-refractivity contribution in [1.29, 1.82) is 0 Å². The number of hydrogen-bond donors (Lipinski definition) is 0. The molecule has 1 aliphatic rings. The molecule has 0 bridgehead atoms. The molecule has 0 saturated carbocycles. The normalized spacial score (nSPS) is 13.7. The van der Waals surface area contributed by atoms with Crippen LogP contribution in [0, 0.1) is 0 Å². The first kappa shape index (κ1) is 19.2. The molecule has 1 aromatic carbocycles. The number of carbonyl (C=O) groups excluding carboxylic acids is 1. The van der Waals surface area contributed by atoms with Gasteiger partial charge in [0.2, 0.25) is 5.91 Å². The Labute approximate surface area is 181 Å². The monoisotopic (exact) mass is 409 g/mol. The van der Waals surface area contributed by atoms with Crippen molar-refractivity contribution < 1.29 is 4.79 Å². The lowest BCUT2D eigenvalue weighted by Gasteiger charge is -2.16. The Hall–Kier alpha value is -3.80. The van der Waals surface area contributed by atoms with E-state index < -0.39 is 0 Å². The van der Waals surface area contributed by atoms with Crippen molar-refractivity contribution >= 4 is 11.6 Å². The highest BCUT2D eigenvalue weighted by atomic mass is 16.2. The minimum Gasteiger partial charge on any atom is -0.353 e. The molecule has 0 radical (unpaired) electrons. The van der Waals surface area contributed by atoms with E-state index in [0.29, 0.717) is 6.42 Å². The first-order valence-electron chi connectivity index (χ1n) is 10.5. The average Bonchev–Trinajstić information content (AvgIpc) is 3.48. The van der Waals surface area contributed by atoms with Crippen LogP contribution in [-0.4, -0.2) is 32.0 Å². The molecule has 0 N–H and O–H groups in total. The summed E-state index contributed by atoms with van der Waals surface area (Å²) in [5, 5.41) is 0. The Bertz CT molecular complexity index is 1180. The van der Waals surface area contributed by atoms with E-state index in [1.165, 1.54) is 0 Å². The van der Waals surface area contributed by atoms with E-state index in [1.54, 1.807) is 12.4 Å². The molecule has 1 aliphatic heterocycles. The van der Waals surface area contributed by atoms with E-state index in [1.807, 2.05) is 35.6 Å². The Morgan fingerprint density at radius 1 is 0.871 bits per heavy atom. The maximum atomic E-state index is 12.0. The number of anilines is 1. The van der Waals surface area contributed by atoms with E-state index in [0.717, 1.165) is 59.6 Å². The van der Waals surface area contributed by atoms with Gasteiger partial charge in [-0.3, -0.25) is 19.7 Å². The largest absolute Gasteiger partial charge is 0.353 e. The standard InChI is InChI=1S/C25H23N5O/c31-25-2-1-11-30(25)24-5-3-19(4-6-24)21-14-22(16-27-15-21)20-7-12-29(18-20)13-8-23-17-26-9-10-28-23/h3-7,9-10,12,14-18H,1-2,8,11,13H2. The number of rotatable bonds is 6. The van der Waals surface area contributed by atoms with Crippen LogP contribution in [0.4, 0.5) is 5.69 Å². The summed E-state index contributed by atoms with van der Waals surface area (Å²) >= 11 is 0. The topological polar surface area (TPSA) is 63.9 Å². The predicted octanol–water partition coefficient (Wildman–Crippen LogP) is 4.38. The number of amides is 1. The van der Waals surface area contributed by atoms with E-state index in [4.69, 9.17) is 0 Å². The number of benzene rings is 1. The molecular weight excluding hydrogens is 386 g/mol. The summed E-state index contributed by atoms with van der Waals surface area (Å²) in [6.45, 7) is 1.66. The molecule has 6 nitrogen and oxygen atoms in total. The smallest absolute Gasteiger partial charge is 0.227 e. The summed E-state index contributed by atoms with van der Waals surface area (Å²) in [4.78, 5) is 26.7. The molecule has 0 unspecified atom stereocenters. The Kier molecular flexibility index (Phi) is 5.27. The molecule has 0 aliphatic carbocycles. The first-order chi connectivity index (χ1) is 15.3. The molecule has 154 valence electrons. The van der Waals surface area contributed by atoms with Crippen LogP contribution in [0.1, 0.15) is 18.5 Å². The van der Waals surface area contributed by atoms with Crippen LogP contribution < -0.4 is 4.90 Å². The molecule has 4 heterocycles. The highest BCUT2D eigenvalue weighted by Gasteiger charge is 2.21. The first-order valence-corrected chi connectivity index (χ1v) is 10.5. The third-order valence-electron chi connectivity index (χ3n) is 5.65. The summed E-state index contributed by atoms with van der Waals surface area (Å²) in [6, 6.07) is 12.4. The number of aryl methyl sites for hydroxylation is 2. The molecule has 4 aromatic rings. The second kappa shape index (κ2) is 8.52. The van der Waals surface area contributed by atoms with Crippen molar-refractivity contribution in [3.63, 3.8) is 0 Å². The van der Waals surface area contributed by atoms with Crippen LogP contribution in [0.2, 0.25) is 0 Å². The fourth-order valence-corrected chi connectivity index (χ4v) is 3.96. The van der Waals surface area contributed by atoms with Crippen LogP contribution in [0.15, 0.2) is 79.8 Å². The van der Waals surface area contributed by atoms with Crippen LogP contribution in [0.25, 0.3) is 22.3 Å². The van der Waals surface area contributed by atoms with Crippen LogP contribution in [0.5, 0.6) is 0 Å². The van der Waals surface area contributed by atoms with Gasteiger partial charge in [-0.15, -0.1) is 0 Å². The summed E-state index contributed by atoms with van der Waals surface area (Å²) < 4.78 is 2.17. The molecule has 5 rings (SSSR count). The SMILES string of the molecule is O=C1CCCN1c1ccc(-c2cncc(-c3ccn(CCc4cnccn4)c3)c2)cc1. The number of carbonyl (C=O) groups is 1. The third kappa shape index (κ3) is 4.23. The summed E-state index contributed by atoms with van der Waals surface area (Å²) in [5.74, 6) is 0.209. The lowest BCUT2D eigenvalue weighted by atomic mass is 10.0. The second-order valence-corrected chi connectivity index (χ2v) is 7.74. The molecule has 3 aromatic heterocycles. The van der Waals surface area contributed by atoms with Gasteiger partial charge >= 0.3 is 0 Å². The number of pyridine rings is 1. The van der Waals surface area contributed by atoms with Crippen molar-refractivity contribution in [3.8, 4) is 22.3 Å². The van der Waals surface area contributed by atoms with Crippen molar-refractivity contribution in [2.45, 2.75) is 25.8 Å². The van der Waals surface area contributed by atoms with Crippen molar-refractivity contribution in [2.24, 2.45) is 0 Å². The van der Waals surface area contributed by atoms with E-state index in [2.05, 4.69) is 56.2 Å². The lowest BCUT2D eigenvalue weighted by molar-refractivity contribution is -0.117. The quantitative estimate of drug-likeness (QED) is 0.474. The molecular formula is C25H23N5O. The molecule has 1 fully saturated rings. The van der Waals surface area contributed by atoms with Gasteiger partial charge in [-0.2, -0.15) is 0 Å². The van der Waals surface area contributed by atoms with E-state index in [9.17, 15) is 4.79 Å². The van der Waals surface area contributed by atoms with Gasteiger partial charge in [-0.25, -0.2) is 0 Å². The lowest BCUT2D eigenvalue weighted by Crippen LogP contribution is -2.23. The summed E-state index contributed by atoms with van der Waals surface area (Å²) in [7, 11) is 0. The summed E-state index contributed by atoms with van der Waals surface area (Å²) in [6.07, 6.45) is 15.6. The van der Waals surface area contributed by atoms with E-state index in [-0.39, 0.29) is 5.91 Å². The molecule has 0 atom stereocenters. The zero-order valence-electron chi connectivity index (χ0n) is 17.2. The van der Waals surface area contributed by atoms with Crippen molar-refractivity contribution in [3.05, 3.63) is 85.5 Å². The van der Waals surface area contributed by atoms with Crippen LogP contribution in [-0.2, 0) is 17.8 Å². The Morgan fingerprint density at radius 2 is 1.71 bits per heavy atom. The van der Waals surface area contributed by atoms with Crippen molar-refractivity contribution in [2.75, 3.05) is 11.4 Å². The maximum absolute atomic E-state index is 12.0. The van der Waals surface area contributed by atoms with E-state index >= 15 is 0 Å². The number of nitrogens with zero attached hydrogens (tertiary/aromatic N) is 5. The maximum Gasteiger partial charge on any atom is 0.227 e. The molecule has 0 spiro atoms. The average molecular weight is 409 g/mol. The van der Waals surface area contributed by atoms with Gasteiger partial charge in [0.05, 0.1) is 5.69 Å². The second-order valence-electron chi connectivity index (χ2n) is 7.74. The van der Waals surface area contributed by atoms with Gasteiger partial charge < -0.3 is 9.47 Å². The van der Waals surface area contributed by atoms with Gasteiger partial charge in [-0.1, -0.05) is 12.1 Å². The van der Waals surface area contributed by atoms with Crippen LogP contribution >= 0.6 is 0 Å². The minimum atomic E-state index is 0.209. The predicted molar refractivity (Wildman–Crippen MR) is 120 cm³/mol. The van der Waals surface area contributed by atoms with Gasteiger partial charge in [0, 0.05) is 91.7 Å². The highest BCUT2D eigenvalue weighted by molar-refractivity contribution is 5.95. The zero-order valence-corrected chi connectivity index (χ0v) is 17.2. The molecule has 1 saturated heterocycles. The fraction of sp³-hybridized carbons (Fsp3) is 0.200. The van der Waals surface area contributed by atoms with Gasteiger partial charge in [0.25, 0.3) is 0 Å². The summed E-state index contributed by atoms with van der Waals surface area (Å²) in [5.41, 5.74) is 6.31.